The molecule has 0 unspecified atom stereocenters. The Morgan fingerprint density at radius 1 is 1.14 bits per heavy atom. The summed E-state index contributed by atoms with van der Waals surface area (Å²) in [6, 6.07) is 11.5. The zero-order valence-corrected chi connectivity index (χ0v) is 16.1. The molecule has 0 bridgehead atoms. The molecule has 8 heteroatoms. The predicted molar refractivity (Wildman–Crippen MR) is 104 cm³/mol. The van der Waals surface area contributed by atoms with E-state index in [1.54, 1.807) is 24.3 Å². The van der Waals surface area contributed by atoms with Gasteiger partial charge in [0.1, 0.15) is 13.2 Å². The summed E-state index contributed by atoms with van der Waals surface area (Å²) in [5.41, 5.74) is 1.51. The molecule has 3 rings (SSSR count). The summed E-state index contributed by atoms with van der Waals surface area (Å²) in [5.74, 6) is 0.902. The molecule has 0 saturated heterocycles. The number of hydrogen-bond acceptors (Lipinski definition) is 5. The summed E-state index contributed by atoms with van der Waals surface area (Å²) in [6.45, 7) is 1.31. The molecule has 1 atom stereocenters. The molecule has 2 amide bonds. The van der Waals surface area contributed by atoms with Crippen molar-refractivity contribution in [1.82, 2.24) is 10.6 Å². The van der Waals surface area contributed by atoms with Gasteiger partial charge in [-0.3, -0.25) is 4.79 Å². The number of carbonyl (C=O) groups excluding carboxylic acids is 2. The molecule has 0 radical (unpaired) electrons. The second-order valence-electron chi connectivity index (χ2n) is 6.16. The number of urea groups is 1. The first kappa shape index (κ1) is 19.8. The minimum absolute atomic E-state index is 0.0301. The molecule has 28 heavy (non-hydrogen) atoms. The van der Waals surface area contributed by atoms with Crippen molar-refractivity contribution >= 4 is 23.6 Å². The number of esters is 1. The van der Waals surface area contributed by atoms with E-state index in [0.717, 1.165) is 5.56 Å². The van der Waals surface area contributed by atoms with E-state index in [2.05, 4.69) is 10.6 Å². The van der Waals surface area contributed by atoms with Crippen molar-refractivity contribution < 1.29 is 23.8 Å². The van der Waals surface area contributed by atoms with Crippen LogP contribution in [0.5, 0.6) is 11.5 Å². The molecule has 0 aromatic heterocycles. The molecule has 7 nitrogen and oxygen atoms in total. The molecule has 1 aliphatic rings. The van der Waals surface area contributed by atoms with Crippen LogP contribution in [-0.2, 0) is 16.1 Å². The highest BCUT2D eigenvalue weighted by Gasteiger charge is 2.21. The number of nitrogens with one attached hydrogen (secondary N) is 2. The van der Waals surface area contributed by atoms with Crippen LogP contribution in [0.15, 0.2) is 42.5 Å². The number of hydrogen-bond donors (Lipinski definition) is 2. The van der Waals surface area contributed by atoms with Gasteiger partial charge in [-0.2, -0.15) is 0 Å². The second kappa shape index (κ2) is 9.32. The van der Waals surface area contributed by atoms with E-state index in [1.165, 1.54) is 7.11 Å². The van der Waals surface area contributed by atoms with Crippen molar-refractivity contribution in [2.75, 3.05) is 20.3 Å². The molecule has 2 aromatic rings. The van der Waals surface area contributed by atoms with Crippen LogP contribution in [0.2, 0.25) is 5.02 Å². The van der Waals surface area contributed by atoms with Crippen LogP contribution in [0.4, 0.5) is 4.79 Å². The van der Waals surface area contributed by atoms with Crippen molar-refractivity contribution in [3.8, 4) is 11.5 Å². The Morgan fingerprint density at radius 2 is 1.89 bits per heavy atom. The first-order valence-electron chi connectivity index (χ1n) is 8.81. The van der Waals surface area contributed by atoms with Gasteiger partial charge in [0.15, 0.2) is 11.5 Å². The zero-order valence-electron chi connectivity index (χ0n) is 15.4. The van der Waals surface area contributed by atoms with Crippen LogP contribution in [0, 0.1) is 0 Å². The van der Waals surface area contributed by atoms with Crippen LogP contribution in [-0.4, -0.2) is 32.3 Å². The van der Waals surface area contributed by atoms with Crippen LogP contribution in [0.1, 0.15) is 23.6 Å². The van der Waals surface area contributed by atoms with Crippen molar-refractivity contribution in [3.05, 3.63) is 58.6 Å². The van der Waals surface area contributed by atoms with Gasteiger partial charge in [-0.15, -0.1) is 0 Å². The summed E-state index contributed by atoms with van der Waals surface area (Å²) in [4.78, 5) is 24.1. The highest BCUT2D eigenvalue weighted by Crippen LogP contribution is 2.30. The fourth-order valence-electron chi connectivity index (χ4n) is 2.84. The first-order chi connectivity index (χ1) is 13.6. The minimum atomic E-state index is -0.610. The van der Waals surface area contributed by atoms with E-state index in [9.17, 15) is 9.59 Å². The number of fused-ring (bicyclic) bond motifs is 1. The predicted octanol–water partition coefficient (Wildman–Crippen LogP) is 3.21. The average Bonchev–Trinajstić information content (AvgIpc) is 2.72. The average molecular weight is 405 g/mol. The van der Waals surface area contributed by atoms with Crippen LogP contribution < -0.4 is 20.1 Å². The molecule has 1 aliphatic heterocycles. The summed E-state index contributed by atoms with van der Waals surface area (Å²) in [5, 5.41) is 6.02. The molecular weight excluding hydrogens is 384 g/mol. The highest BCUT2D eigenvalue weighted by atomic mass is 35.5. The Bertz CT molecular complexity index is 858. The van der Waals surface area contributed by atoms with Gasteiger partial charge in [-0.1, -0.05) is 35.9 Å². The molecular formula is C20H21ClN2O5. The number of rotatable bonds is 6. The fourth-order valence-corrected chi connectivity index (χ4v) is 3.10. The molecule has 1 heterocycles. The van der Waals surface area contributed by atoms with Gasteiger partial charge < -0.3 is 24.8 Å². The first-order valence-corrected chi connectivity index (χ1v) is 9.18. The Hall–Kier alpha value is -2.93. The third-order valence-electron chi connectivity index (χ3n) is 4.24. The maximum absolute atomic E-state index is 12.4. The van der Waals surface area contributed by atoms with Crippen molar-refractivity contribution in [2.24, 2.45) is 0 Å². The van der Waals surface area contributed by atoms with Crippen LogP contribution >= 0.6 is 11.6 Å². The normalized spacial score (nSPS) is 13.4. The SMILES string of the molecule is COC(=O)C[C@@H](NC(=O)NCc1ccc2c(c1)OCCO2)c1ccccc1Cl. The molecule has 2 aromatic carbocycles. The van der Waals surface area contributed by atoms with E-state index >= 15 is 0 Å². The smallest absolute Gasteiger partial charge is 0.315 e. The third-order valence-corrected chi connectivity index (χ3v) is 4.59. The van der Waals surface area contributed by atoms with Gasteiger partial charge in [0.2, 0.25) is 0 Å². The number of carbonyl (C=O) groups is 2. The van der Waals surface area contributed by atoms with E-state index in [1.807, 2.05) is 18.2 Å². The largest absolute Gasteiger partial charge is 0.486 e. The summed E-state index contributed by atoms with van der Waals surface area (Å²) >= 11 is 6.22. The van der Waals surface area contributed by atoms with E-state index in [4.69, 9.17) is 25.8 Å². The second-order valence-corrected chi connectivity index (χ2v) is 6.57. The highest BCUT2D eigenvalue weighted by molar-refractivity contribution is 6.31. The van der Waals surface area contributed by atoms with Gasteiger partial charge in [-0.05, 0) is 29.3 Å². The molecule has 0 saturated carbocycles. The van der Waals surface area contributed by atoms with Crippen LogP contribution in [0.25, 0.3) is 0 Å². The standard InChI is InChI=1S/C20H21ClN2O5/c1-26-19(24)11-16(14-4-2-3-5-15(14)21)23-20(25)22-12-13-6-7-17-18(10-13)28-9-8-27-17/h2-7,10,16H,8-9,11-12H2,1H3,(H2,22,23,25)/t16-/m1/s1. The van der Waals surface area contributed by atoms with Gasteiger partial charge >= 0.3 is 12.0 Å². The summed E-state index contributed by atoms with van der Waals surface area (Å²) in [6.07, 6.45) is -0.0301. The lowest BCUT2D eigenvalue weighted by atomic mass is 10.0. The molecule has 0 spiro atoms. The number of benzene rings is 2. The monoisotopic (exact) mass is 404 g/mol. The third kappa shape index (κ3) is 5.07. The number of ether oxygens (including phenoxy) is 3. The number of methoxy groups -OCH3 is 1. The van der Waals surface area contributed by atoms with Crippen molar-refractivity contribution in [2.45, 2.75) is 19.0 Å². The fraction of sp³-hybridized carbons (Fsp3) is 0.300. The lowest BCUT2D eigenvalue weighted by Gasteiger charge is -2.20. The molecule has 148 valence electrons. The Morgan fingerprint density at radius 3 is 2.64 bits per heavy atom. The Kier molecular flexibility index (Phi) is 6.60. The van der Waals surface area contributed by atoms with Crippen molar-refractivity contribution in [3.63, 3.8) is 0 Å². The summed E-state index contributed by atoms with van der Waals surface area (Å²) < 4.78 is 15.8. The Labute approximate surface area is 167 Å². The zero-order chi connectivity index (χ0) is 19.9. The maximum Gasteiger partial charge on any atom is 0.315 e. The lowest BCUT2D eigenvalue weighted by molar-refractivity contribution is -0.141. The molecule has 2 N–H and O–H groups in total. The van der Waals surface area contributed by atoms with Gasteiger partial charge in [0.25, 0.3) is 0 Å². The van der Waals surface area contributed by atoms with Gasteiger partial charge in [-0.25, -0.2) is 4.79 Å². The Balaban J connectivity index is 1.63. The minimum Gasteiger partial charge on any atom is -0.486 e. The van der Waals surface area contributed by atoms with Crippen LogP contribution in [0.3, 0.4) is 0 Å². The van der Waals surface area contributed by atoms with E-state index in [-0.39, 0.29) is 13.0 Å². The number of halogens is 1. The van der Waals surface area contributed by atoms with Crippen molar-refractivity contribution in [1.29, 1.82) is 0 Å². The quantitative estimate of drug-likeness (QED) is 0.722. The van der Waals surface area contributed by atoms with Gasteiger partial charge in [0.05, 0.1) is 19.6 Å². The molecule has 0 fully saturated rings. The summed E-state index contributed by atoms with van der Waals surface area (Å²) in [7, 11) is 1.30. The maximum atomic E-state index is 12.4. The van der Waals surface area contributed by atoms with E-state index in [0.29, 0.717) is 35.3 Å². The topological polar surface area (TPSA) is 85.9 Å². The molecule has 0 aliphatic carbocycles. The number of amides is 2. The van der Waals surface area contributed by atoms with E-state index < -0.39 is 18.0 Å². The lowest BCUT2D eigenvalue weighted by Crippen LogP contribution is -2.38. The van der Waals surface area contributed by atoms with Gasteiger partial charge in [0, 0.05) is 11.6 Å².